The Hall–Kier alpha value is -1.12. The minimum Gasteiger partial charge on any atom is -0.326 e. The molecule has 0 heterocycles. The summed E-state index contributed by atoms with van der Waals surface area (Å²) in [6.07, 6.45) is 0. The number of halogens is 1. The molecule has 0 aliphatic carbocycles. The van der Waals surface area contributed by atoms with Gasteiger partial charge in [-0.25, -0.2) is 0 Å². The van der Waals surface area contributed by atoms with Gasteiger partial charge in [0.25, 0.3) is 0 Å². The maximum absolute atomic E-state index is 5.70. The Morgan fingerprint density at radius 1 is 1.27 bits per heavy atom. The van der Waals surface area contributed by atoms with Gasteiger partial charge in [-0.1, -0.05) is 40.2 Å². The second-order valence-electron chi connectivity index (χ2n) is 3.30. The van der Waals surface area contributed by atoms with Gasteiger partial charge in [-0.15, -0.1) is 0 Å². The highest BCUT2D eigenvalue weighted by Gasteiger charge is 2.02. The minimum atomic E-state index is 0.552. The van der Waals surface area contributed by atoms with Crippen molar-refractivity contribution in [1.82, 2.24) is 0 Å². The minimum absolute atomic E-state index is 0.552. The first-order chi connectivity index (χ1) is 7.31. The van der Waals surface area contributed by atoms with Gasteiger partial charge in [0.1, 0.15) is 0 Å². The van der Waals surface area contributed by atoms with Crippen molar-refractivity contribution in [3.63, 3.8) is 0 Å². The molecule has 0 bridgehead atoms. The zero-order valence-corrected chi connectivity index (χ0v) is 9.79. The van der Waals surface area contributed by atoms with Crippen LogP contribution in [0, 0.1) is 6.07 Å². The van der Waals surface area contributed by atoms with Crippen LogP contribution < -0.4 is 5.73 Å². The monoisotopic (exact) mass is 260 g/mol. The smallest absolute Gasteiger partial charge is 0.0184 e. The van der Waals surface area contributed by atoms with Crippen LogP contribution in [0.2, 0.25) is 0 Å². The fourth-order valence-electron chi connectivity index (χ4n) is 1.57. The van der Waals surface area contributed by atoms with Crippen LogP contribution in [0.1, 0.15) is 5.56 Å². The van der Waals surface area contributed by atoms with Gasteiger partial charge in [0, 0.05) is 11.0 Å². The van der Waals surface area contributed by atoms with Gasteiger partial charge in [0.05, 0.1) is 0 Å². The SMILES string of the molecule is NCc1cc[c]cc1-c1cccc(Br)c1. The summed E-state index contributed by atoms with van der Waals surface area (Å²) in [5.41, 5.74) is 9.17. The first-order valence-electron chi connectivity index (χ1n) is 4.76. The highest BCUT2D eigenvalue weighted by Crippen LogP contribution is 2.25. The van der Waals surface area contributed by atoms with E-state index in [-0.39, 0.29) is 0 Å². The summed E-state index contributed by atoms with van der Waals surface area (Å²) < 4.78 is 1.08. The molecule has 0 aliphatic rings. The van der Waals surface area contributed by atoms with E-state index in [1.54, 1.807) is 0 Å². The Balaban J connectivity index is 2.53. The average Bonchev–Trinajstić information content (AvgIpc) is 2.29. The molecule has 2 rings (SSSR count). The number of hydrogen-bond acceptors (Lipinski definition) is 1. The van der Waals surface area contributed by atoms with Gasteiger partial charge in [-0.2, -0.15) is 0 Å². The molecular formula is C13H11BrN. The highest BCUT2D eigenvalue weighted by molar-refractivity contribution is 9.10. The van der Waals surface area contributed by atoms with Crippen LogP contribution in [0.3, 0.4) is 0 Å². The first kappa shape index (κ1) is 10.4. The Morgan fingerprint density at radius 3 is 2.87 bits per heavy atom. The van der Waals surface area contributed by atoms with Crippen molar-refractivity contribution in [3.8, 4) is 11.1 Å². The molecular weight excluding hydrogens is 250 g/mol. The molecule has 1 radical (unpaired) electrons. The number of rotatable bonds is 2. The molecule has 2 heteroatoms. The van der Waals surface area contributed by atoms with E-state index in [0.29, 0.717) is 6.54 Å². The van der Waals surface area contributed by atoms with Gasteiger partial charge in [-0.3, -0.25) is 0 Å². The third kappa shape index (κ3) is 2.28. The lowest BCUT2D eigenvalue weighted by Crippen LogP contribution is -1.98. The maximum Gasteiger partial charge on any atom is 0.0184 e. The summed E-state index contributed by atoms with van der Waals surface area (Å²) in [6.45, 7) is 0.552. The zero-order valence-electron chi connectivity index (χ0n) is 8.20. The zero-order chi connectivity index (χ0) is 10.7. The van der Waals surface area contributed by atoms with E-state index >= 15 is 0 Å². The highest BCUT2D eigenvalue weighted by atomic mass is 79.9. The van der Waals surface area contributed by atoms with Crippen molar-refractivity contribution < 1.29 is 0 Å². The topological polar surface area (TPSA) is 26.0 Å². The lowest BCUT2D eigenvalue weighted by Gasteiger charge is -2.07. The maximum atomic E-state index is 5.70. The van der Waals surface area contributed by atoms with E-state index < -0.39 is 0 Å². The fourth-order valence-corrected chi connectivity index (χ4v) is 1.96. The summed E-state index contributed by atoms with van der Waals surface area (Å²) in [4.78, 5) is 0. The van der Waals surface area contributed by atoms with Gasteiger partial charge in [0.2, 0.25) is 0 Å². The van der Waals surface area contributed by atoms with Crippen LogP contribution in [-0.4, -0.2) is 0 Å². The van der Waals surface area contributed by atoms with Crippen molar-refractivity contribution in [1.29, 1.82) is 0 Å². The molecule has 0 fully saturated rings. The van der Waals surface area contributed by atoms with E-state index in [0.717, 1.165) is 15.6 Å². The summed E-state index contributed by atoms with van der Waals surface area (Å²) in [5.74, 6) is 0. The van der Waals surface area contributed by atoms with Crippen molar-refractivity contribution >= 4 is 15.9 Å². The molecule has 2 N–H and O–H groups in total. The second-order valence-corrected chi connectivity index (χ2v) is 4.21. The Kier molecular flexibility index (Phi) is 3.19. The number of nitrogens with two attached hydrogens (primary N) is 1. The molecule has 0 unspecified atom stereocenters. The fraction of sp³-hybridized carbons (Fsp3) is 0.0769. The molecule has 15 heavy (non-hydrogen) atoms. The number of hydrogen-bond donors (Lipinski definition) is 1. The van der Waals surface area contributed by atoms with E-state index in [1.807, 2.05) is 30.3 Å². The molecule has 0 saturated carbocycles. The van der Waals surface area contributed by atoms with E-state index in [4.69, 9.17) is 5.73 Å². The average molecular weight is 261 g/mol. The van der Waals surface area contributed by atoms with Gasteiger partial charge in [-0.05, 0) is 41.0 Å². The molecule has 1 nitrogen and oxygen atoms in total. The third-order valence-electron chi connectivity index (χ3n) is 2.31. The molecule has 2 aromatic carbocycles. The molecule has 0 aliphatic heterocycles. The Morgan fingerprint density at radius 2 is 2.13 bits per heavy atom. The van der Waals surface area contributed by atoms with Crippen molar-refractivity contribution in [2.75, 3.05) is 0 Å². The first-order valence-corrected chi connectivity index (χ1v) is 5.55. The normalized spacial score (nSPS) is 10.3. The molecule has 0 amide bonds. The largest absolute Gasteiger partial charge is 0.326 e. The molecule has 0 spiro atoms. The molecule has 75 valence electrons. The quantitative estimate of drug-likeness (QED) is 0.881. The molecule has 0 saturated heterocycles. The number of benzene rings is 2. The van der Waals surface area contributed by atoms with E-state index in [2.05, 4.69) is 34.1 Å². The van der Waals surface area contributed by atoms with Crippen molar-refractivity contribution in [2.24, 2.45) is 5.73 Å². The lowest BCUT2D eigenvalue weighted by atomic mass is 10.00. The molecule has 0 aromatic heterocycles. The molecule has 0 atom stereocenters. The van der Waals surface area contributed by atoms with E-state index in [1.165, 1.54) is 5.56 Å². The standard InChI is InChI=1S/C13H11BrN/c14-12-6-3-5-10(8-12)13-7-2-1-4-11(13)9-15/h1,3-8H,9,15H2. The van der Waals surface area contributed by atoms with Crippen LogP contribution >= 0.6 is 15.9 Å². The predicted octanol–water partition coefficient (Wildman–Crippen LogP) is 3.37. The predicted molar refractivity (Wildman–Crippen MR) is 66.3 cm³/mol. The van der Waals surface area contributed by atoms with Crippen LogP contribution in [-0.2, 0) is 6.54 Å². The van der Waals surface area contributed by atoms with Crippen LogP contribution in [0.4, 0.5) is 0 Å². The van der Waals surface area contributed by atoms with Gasteiger partial charge >= 0.3 is 0 Å². The van der Waals surface area contributed by atoms with Gasteiger partial charge in [0.15, 0.2) is 0 Å². The van der Waals surface area contributed by atoms with Crippen LogP contribution in [0.5, 0.6) is 0 Å². The summed E-state index contributed by atoms with van der Waals surface area (Å²) in [5, 5.41) is 0. The summed E-state index contributed by atoms with van der Waals surface area (Å²) in [6, 6.07) is 17.2. The summed E-state index contributed by atoms with van der Waals surface area (Å²) in [7, 11) is 0. The van der Waals surface area contributed by atoms with Crippen LogP contribution in [0.15, 0.2) is 46.9 Å². The summed E-state index contributed by atoms with van der Waals surface area (Å²) >= 11 is 3.46. The lowest BCUT2D eigenvalue weighted by molar-refractivity contribution is 1.07. The van der Waals surface area contributed by atoms with Gasteiger partial charge < -0.3 is 5.73 Å². The van der Waals surface area contributed by atoms with Crippen LogP contribution in [0.25, 0.3) is 11.1 Å². The van der Waals surface area contributed by atoms with Crippen molar-refractivity contribution in [2.45, 2.75) is 6.54 Å². The third-order valence-corrected chi connectivity index (χ3v) is 2.80. The molecule has 2 aromatic rings. The Bertz CT molecular complexity index is 466. The second kappa shape index (κ2) is 4.60. The van der Waals surface area contributed by atoms with Crippen molar-refractivity contribution in [3.05, 3.63) is 58.6 Å². The Labute approximate surface area is 98.1 Å². The van der Waals surface area contributed by atoms with E-state index in [9.17, 15) is 0 Å².